The van der Waals surface area contributed by atoms with E-state index in [-0.39, 0.29) is 11.8 Å². The summed E-state index contributed by atoms with van der Waals surface area (Å²) < 4.78 is 24.5. The molecule has 5 nitrogen and oxygen atoms in total. The van der Waals surface area contributed by atoms with Crippen molar-refractivity contribution in [1.82, 2.24) is 9.62 Å². The van der Waals surface area contributed by atoms with Gasteiger partial charge in [-0.1, -0.05) is 18.2 Å². The summed E-state index contributed by atoms with van der Waals surface area (Å²) in [6.07, 6.45) is 2.69. The predicted octanol–water partition coefficient (Wildman–Crippen LogP) is 1.57. The van der Waals surface area contributed by atoms with Gasteiger partial charge in [-0.15, -0.1) is 11.8 Å². The average Bonchev–Trinajstić information content (AvgIpc) is 2.52. The van der Waals surface area contributed by atoms with E-state index in [2.05, 4.69) is 5.32 Å². The molecule has 0 spiro atoms. The fourth-order valence-electron chi connectivity index (χ4n) is 2.46. The van der Waals surface area contributed by atoms with Crippen LogP contribution in [-0.2, 0) is 14.8 Å². The van der Waals surface area contributed by atoms with Crippen LogP contribution in [0.25, 0.3) is 0 Å². The minimum Gasteiger partial charge on any atom is -0.355 e. The lowest BCUT2D eigenvalue weighted by Gasteiger charge is -2.30. The number of amides is 1. The van der Waals surface area contributed by atoms with E-state index in [0.29, 0.717) is 19.6 Å². The molecule has 1 saturated heterocycles. The van der Waals surface area contributed by atoms with Crippen LogP contribution < -0.4 is 5.32 Å². The summed E-state index contributed by atoms with van der Waals surface area (Å²) in [6, 6.07) is 10.0. The standard InChI is InChI=1S/C15H22N2O3S2/c1-22(19,20)17-10-5-6-13(12-17)15(18)16-9-11-21-14-7-3-2-4-8-14/h2-4,7-8,13H,5-6,9-12H2,1H3,(H,16,18). The molecule has 0 aromatic heterocycles. The fourth-order valence-corrected chi connectivity index (χ4v) is 4.16. The Kier molecular flexibility index (Phi) is 6.28. The first kappa shape index (κ1) is 17.3. The zero-order chi connectivity index (χ0) is 16.0. The highest BCUT2D eigenvalue weighted by atomic mass is 32.2. The van der Waals surface area contributed by atoms with E-state index in [1.807, 2.05) is 30.3 Å². The van der Waals surface area contributed by atoms with Gasteiger partial charge in [0.25, 0.3) is 0 Å². The van der Waals surface area contributed by atoms with Crippen LogP contribution in [0.1, 0.15) is 12.8 Å². The molecule has 1 aliphatic heterocycles. The first-order valence-electron chi connectivity index (χ1n) is 7.37. The molecule has 0 radical (unpaired) electrons. The minimum atomic E-state index is -3.20. The van der Waals surface area contributed by atoms with Crippen molar-refractivity contribution in [2.24, 2.45) is 5.92 Å². The van der Waals surface area contributed by atoms with E-state index in [9.17, 15) is 13.2 Å². The summed E-state index contributed by atoms with van der Waals surface area (Å²) in [6.45, 7) is 1.41. The molecule has 1 N–H and O–H groups in total. The Morgan fingerprint density at radius 2 is 2.09 bits per heavy atom. The van der Waals surface area contributed by atoms with E-state index in [1.54, 1.807) is 11.8 Å². The molecule has 1 amide bonds. The molecule has 1 aliphatic rings. The van der Waals surface area contributed by atoms with Gasteiger partial charge in [0.05, 0.1) is 12.2 Å². The molecule has 0 bridgehead atoms. The molecular formula is C15H22N2O3S2. The number of benzene rings is 1. The van der Waals surface area contributed by atoms with E-state index >= 15 is 0 Å². The summed E-state index contributed by atoms with van der Waals surface area (Å²) in [5, 5.41) is 2.91. The number of thioether (sulfide) groups is 1. The van der Waals surface area contributed by atoms with Crippen LogP contribution in [0.4, 0.5) is 0 Å². The second-order valence-corrected chi connectivity index (χ2v) is 8.56. The van der Waals surface area contributed by atoms with Gasteiger partial charge in [0.1, 0.15) is 0 Å². The Morgan fingerprint density at radius 1 is 1.36 bits per heavy atom. The molecule has 2 rings (SSSR count). The molecule has 122 valence electrons. The molecule has 1 aromatic rings. The van der Waals surface area contributed by atoms with Gasteiger partial charge >= 0.3 is 0 Å². The van der Waals surface area contributed by atoms with Crippen LogP contribution in [0, 0.1) is 5.92 Å². The molecule has 1 heterocycles. The Balaban J connectivity index is 1.73. The lowest BCUT2D eigenvalue weighted by molar-refractivity contribution is -0.125. The van der Waals surface area contributed by atoms with Crippen molar-refractivity contribution in [2.45, 2.75) is 17.7 Å². The number of nitrogens with one attached hydrogen (secondary N) is 1. The normalized spacial score (nSPS) is 19.8. The van der Waals surface area contributed by atoms with Crippen molar-refractivity contribution in [3.05, 3.63) is 30.3 Å². The summed E-state index contributed by atoms with van der Waals surface area (Å²) in [7, 11) is -3.20. The molecule has 1 atom stereocenters. The Hall–Kier alpha value is -1.05. The zero-order valence-corrected chi connectivity index (χ0v) is 14.3. The third-order valence-corrected chi connectivity index (χ3v) is 5.92. The molecule has 7 heteroatoms. The number of carbonyl (C=O) groups excluding carboxylic acids is 1. The largest absolute Gasteiger partial charge is 0.355 e. The van der Waals surface area contributed by atoms with Crippen LogP contribution in [0.2, 0.25) is 0 Å². The van der Waals surface area contributed by atoms with Crippen LogP contribution in [-0.4, -0.2) is 50.3 Å². The van der Waals surface area contributed by atoms with Crippen LogP contribution >= 0.6 is 11.8 Å². The first-order valence-corrected chi connectivity index (χ1v) is 10.2. The SMILES string of the molecule is CS(=O)(=O)N1CCCC(C(=O)NCCSc2ccccc2)C1. The van der Waals surface area contributed by atoms with Crippen LogP contribution in [0.5, 0.6) is 0 Å². The van der Waals surface area contributed by atoms with E-state index in [1.165, 1.54) is 15.5 Å². The molecule has 0 saturated carbocycles. The van der Waals surface area contributed by atoms with Gasteiger partial charge in [-0.25, -0.2) is 12.7 Å². The average molecular weight is 342 g/mol. The second-order valence-electron chi connectivity index (χ2n) is 5.41. The number of hydrogen-bond acceptors (Lipinski definition) is 4. The third-order valence-electron chi connectivity index (χ3n) is 3.64. The van der Waals surface area contributed by atoms with Gasteiger partial charge in [-0.2, -0.15) is 0 Å². The van der Waals surface area contributed by atoms with Gasteiger partial charge < -0.3 is 5.32 Å². The van der Waals surface area contributed by atoms with Gasteiger partial charge in [-0.05, 0) is 25.0 Å². The van der Waals surface area contributed by atoms with E-state index in [4.69, 9.17) is 0 Å². The van der Waals surface area contributed by atoms with E-state index < -0.39 is 10.0 Å². The monoisotopic (exact) mass is 342 g/mol. The Labute approximate surface area is 136 Å². The van der Waals surface area contributed by atoms with Crippen molar-refractivity contribution in [3.8, 4) is 0 Å². The Bertz CT molecular complexity index is 590. The molecule has 22 heavy (non-hydrogen) atoms. The minimum absolute atomic E-state index is 0.0398. The molecule has 0 aliphatic carbocycles. The number of sulfonamides is 1. The predicted molar refractivity (Wildman–Crippen MR) is 89.3 cm³/mol. The second kappa shape index (κ2) is 7.99. The van der Waals surface area contributed by atoms with Crippen LogP contribution in [0.3, 0.4) is 0 Å². The molecular weight excluding hydrogens is 320 g/mol. The number of piperidine rings is 1. The summed E-state index contributed by atoms with van der Waals surface area (Å²) in [5.41, 5.74) is 0. The summed E-state index contributed by atoms with van der Waals surface area (Å²) in [4.78, 5) is 13.3. The number of hydrogen-bond donors (Lipinski definition) is 1. The van der Waals surface area contributed by atoms with Crippen molar-refractivity contribution in [2.75, 3.05) is 31.6 Å². The maximum absolute atomic E-state index is 12.1. The van der Waals surface area contributed by atoms with Crippen molar-refractivity contribution in [3.63, 3.8) is 0 Å². The zero-order valence-electron chi connectivity index (χ0n) is 12.7. The Morgan fingerprint density at radius 3 is 2.77 bits per heavy atom. The first-order chi connectivity index (χ1) is 10.5. The van der Waals surface area contributed by atoms with Crippen molar-refractivity contribution in [1.29, 1.82) is 0 Å². The maximum atomic E-state index is 12.1. The summed E-state index contributed by atoms with van der Waals surface area (Å²) >= 11 is 1.69. The number of carbonyl (C=O) groups is 1. The highest BCUT2D eigenvalue weighted by Crippen LogP contribution is 2.19. The third kappa shape index (κ3) is 5.30. The van der Waals surface area contributed by atoms with Gasteiger partial charge in [0, 0.05) is 30.3 Å². The lowest BCUT2D eigenvalue weighted by Crippen LogP contribution is -2.45. The van der Waals surface area contributed by atoms with Crippen molar-refractivity contribution < 1.29 is 13.2 Å². The number of nitrogens with zero attached hydrogens (tertiary/aromatic N) is 1. The summed E-state index contributed by atoms with van der Waals surface area (Å²) in [5.74, 6) is 0.533. The van der Waals surface area contributed by atoms with Gasteiger partial charge in [0.2, 0.25) is 15.9 Å². The highest BCUT2D eigenvalue weighted by Gasteiger charge is 2.29. The number of rotatable bonds is 6. The topological polar surface area (TPSA) is 66.5 Å². The lowest BCUT2D eigenvalue weighted by atomic mass is 9.99. The quantitative estimate of drug-likeness (QED) is 0.629. The molecule has 1 fully saturated rings. The molecule has 1 aromatic carbocycles. The van der Waals surface area contributed by atoms with E-state index in [0.717, 1.165) is 18.6 Å². The van der Waals surface area contributed by atoms with Gasteiger partial charge in [-0.3, -0.25) is 4.79 Å². The fraction of sp³-hybridized carbons (Fsp3) is 0.533. The molecule has 1 unspecified atom stereocenters. The van der Waals surface area contributed by atoms with Crippen LogP contribution in [0.15, 0.2) is 35.2 Å². The van der Waals surface area contributed by atoms with Crippen molar-refractivity contribution >= 4 is 27.7 Å². The highest BCUT2D eigenvalue weighted by molar-refractivity contribution is 7.99. The van der Waals surface area contributed by atoms with Gasteiger partial charge in [0.15, 0.2) is 0 Å². The smallest absolute Gasteiger partial charge is 0.224 e. The maximum Gasteiger partial charge on any atom is 0.224 e.